The number of unbranched alkanes of at least 4 members (excludes halogenated alkanes) is 12. The van der Waals surface area contributed by atoms with Crippen LogP contribution in [0.1, 0.15) is 181 Å². The molecule has 0 aromatic heterocycles. The van der Waals surface area contributed by atoms with Crippen molar-refractivity contribution in [2.45, 2.75) is 187 Å². The minimum Gasteiger partial charge on any atom is -0.462 e. The van der Waals surface area contributed by atoms with Crippen LogP contribution in [0.15, 0.2) is 122 Å². The van der Waals surface area contributed by atoms with Gasteiger partial charge in [-0.05, 0) is 103 Å². The molecule has 1 N–H and O–H groups in total. The first-order valence-corrected chi connectivity index (χ1v) is 27.8. The Labute approximate surface area is 416 Å². The molecule has 0 aliphatic heterocycles. The second-order valence-electron chi connectivity index (χ2n) is 18.2. The van der Waals surface area contributed by atoms with Crippen molar-refractivity contribution in [2.24, 2.45) is 0 Å². The minimum absolute atomic E-state index is 0.0127. The Morgan fingerprint density at radius 2 is 0.853 bits per heavy atom. The molecule has 0 fully saturated rings. The molecule has 10 heteroatoms. The number of carbonyl (C=O) groups is 2. The lowest BCUT2D eigenvalue weighted by Crippen LogP contribution is -2.37. The summed E-state index contributed by atoms with van der Waals surface area (Å²) in [6.45, 7) is 4.21. The van der Waals surface area contributed by atoms with Crippen molar-refractivity contribution in [1.29, 1.82) is 0 Å². The van der Waals surface area contributed by atoms with Crippen molar-refractivity contribution in [3.05, 3.63) is 122 Å². The van der Waals surface area contributed by atoms with E-state index >= 15 is 0 Å². The molecular weight excluding hydrogens is 870 g/mol. The number of hydrogen-bond acceptors (Lipinski definition) is 7. The lowest BCUT2D eigenvalue weighted by molar-refractivity contribution is -0.870. The number of quaternary nitrogens is 1. The summed E-state index contributed by atoms with van der Waals surface area (Å²) in [5.74, 6) is -0.888. The van der Waals surface area contributed by atoms with Crippen LogP contribution in [0.5, 0.6) is 0 Å². The predicted molar refractivity (Wildman–Crippen MR) is 288 cm³/mol. The molecule has 0 aliphatic rings. The Hall–Kier alpha value is -3.59. The second-order valence-corrected chi connectivity index (χ2v) is 19.6. The quantitative estimate of drug-likeness (QED) is 0.0211. The maximum Gasteiger partial charge on any atom is 0.472 e. The molecule has 0 heterocycles. The Bertz CT molecular complexity index is 1560. The van der Waals surface area contributed by atoms with Gasteiger partial charge >= 0.3 is 19.8 Å². The minimum atomic E-state index is -4.41. The number of likely N-dealkylation sites (N-methyl/N-ethyl adjacent to an activating group) is 1. The summed E-state index contributed by atoms with van der Waals surface area (Å²) in [5, 5.41) is 0. The molecule has 0 radical (unpaired) electrons. The van der Waals surface area contributed by atoms with E-state index in [2.05, 4.69) is 129 Å². The fraction of sp³-hybridized carbons (Fsp3) is 0.621. The van der Waals surface area contributed by atoms with Gasteiger partial charge in [0.2, 0.25) is 0 Å². The van der Waals surface area contributed by atoms with Crippen LogP contribution in [0.3, 0.4) is 0 Å². The summed E-state index contributed by atoms with van der Waals surface area (Å²) in [6.07, 6.45) is 68.4. The zero-order valence-electron chi connectivity index (χ0n) is 43.5. The molecule has 0 rings (SSSR count). The number of carbonyl (C=O) groups excluding carboxylic acids is 2. The first kappa shape index (κ1) is 64.4. The van der Waals surface area contributed by atoms with Crippen molar-refractivity contribution in [3.63, 3.8) is 0 Å². The van der Waals surface area contributed by atoms with Gasteiger partial charge in [0.15, 0.2) is 6.10 Å². The highest BCUT2D eigenvalue weighted by Gasteiger charge is 2.27. The fourth-order valence-electron chi connectivity index (χ4n) is 6.42. The predicted octanol–water partition coefficient (Wildman–Crippen LogP) is 16.0. The molecule has 0 saturated heterocycles. The summed E-state index contributed by atoms with van der Waals surface area (Å²) in [7, 11) is 1.42. The van der Waals surface area contributed by atoms with E-state index in [1.807, 2.05) is 27.2 Å². The standard InChI is InChI=1S/C58H96NO8P/c1-6-8-10-12-14-16-18-20-22-23-24-25-26-27-28-29-30-31-32-33-34-35-37-39-41-43-45-47-49-51-58(61)67-56(55-66-68(62,63)65-53-52-59(3,4)5)54-64-57(60)50-48-46-44-42-40-38-36-21-19-17-15-13-11-9-7-2/h8,10,14,16,20-22,24-25,27-28,30-31,33-34,36-37,39,43,45,56H,6-7,9,11-13,15,17-19,23,26,29,32,35,38,40-42,44,46-55H2,1-5H3/p+1/b10-8-,16-14-,22-20-,25-24-,28-27-,31-30-,34-33-,36-21-,39-37-,45-43-. The summed E-state index contributed by atoms with van der Waals surface area (Å²) in [5.41, 5.74) is 0. The van der Waals surface area contributed by atoms with Crippen LogP contribution < -0.4 is 0 Å². The topological polar surface area (TPSA) is 108 Å². The number of ether oxygens (including phenoxy) is 2. The maximum atomic E-state index is 12.7. The summed E-state index contributed by atoms with van der Waals surface area (Å²) in [4.78, 5) is 35.5. The smallest absolute Gasteiger partial charge is 0.462 e. The van der Waals surface area contributed by atoms with Crippen molar-refractivity contribution in [3.8, 4) is 0 Å². The fourth-order valence-corrected chi connectivity index (χ4v) is 7.16. The van der Waals surface area contributed by atoms with E-state index in [1.54, 1.807) is 0 Å². The number of rotatable bonds is 46. The molecule has 0 aliphatic carbocycles. The number of allylic oxidation sites excluding steroid dienone is 20. The number of phosphoric ester groups is 1. The van der Waals surface area contributed by atoms with Gasteiger partial charge < -0.3 is 18.9 Å². The lowest BCUT2D eigenvalue weighted by Gasteiger charge is -2.24. The molecule has 0 bridgehead atoms. The van der Waals surface area contributed by atoms with Gasteiger partial charge in [-0.3, -0.25) is 18.6 Å². The molecule has 2 unspecified atom stereocenters. The zero-order chi connectivity index (χ0) is 49.9. The first-order chi connectivity index (χ1) is 33.0. The monoisotopic (exact) mass is 967 g/mol. The highest BCUT2D eigenvalue weighted by atomic mass is 31.2. The third kappa shape index (κ3) is 51.8. The maximum absolute atomic E-state index is 12.7. The molecule has 0 saturated carbocycles. The number of esters is 2. The molecule has 68 heavy (non-hydrogen) atoms. The molecule has 0 amide bonds. The van der Waals surface area contributed by atoms with Crippen LogP contribution in [0, 0.1) is 0 Å². The van der Waals surface area contributed by atoms with Crippen LogP contribution in [-0.2, 0) is 32.7 Å². The van der Waals surface area contributed by atoms with E-state index in [1.165, 1.54) is 44.9 Å². The van der Waals surface area contributed by atoms with E-state index in [4.69, 9.17) is 18.5 Å². The van der Waals surface area contributed by atoms with E-state index < -0.39 is 32.5 Å². The molecule has 2 atom stereocenters. The van der Waals surface area contributed by atoms with Crippen molar-refractivity contribution in [1.82, 2.24) is 0 Å². The average molecular weight is 967 g/mol. The number of nitrogens with zero attached hydrogens (tertiary/aromatic N) is 1. The van der Waals surface area contributed by atoms with E-state index in [-0.39, 0.29) is 26.1 Å². The van der Waals surface area contributed by atoms with E-state index in [0.717, 1.165) is 89.9 Å². The first-order valence-electron chi connectivity index (χ1n) is 26.3. The van der Waals surface area contributed by atoms with Crippen LogP contribution in [0.25, 0.3) is 0 Å². The second kappa shape index (κ2) is 48.4. The molecule has 0 aromatic rings. The van der Waals surface area contributed by atoms with Gasteiger partial charge in [0.05, 0.1) is 27.7 Å². The molecule has 0 spiro atoms. The SMILES string of the molecule is CC/C=C\C/C=C\C/C=C\C/C=C\C/C=C\C/C=C\C/C=C\C/C=C\C/C=C\CCCC(=O)OC(COC(=O)CCCCCCC/C=C\CCCCCCCC)COP(=O)(O)OCC[N+](C)(C)C. The molecule has 9 nitrogen and oxygen atoms in total. The van der Waals surface area contributed by atoms with Gasteiger partial charge in [-0.25, -0.2) is 4.57 Å². The third-order valence-electron chi connectivity index (χ3n) is 10.5. The van der Waals surface area contributed by atoms with Crippen molar-refractivity contribution < 1.29 is 42.1 Å². The van der Waals surface area contributed by atoms with E-state index in [0.29, 0.717) is 30.3 Å². The van der Waals surface area contributed by atoms with Gasteiger partial charge in [0, 0.05) is 12.8 Å². The highest BCUT2D eigenvalue weighted by molar-refractivity contribution is 7.47. The van der Waals surface area contributed by atoms with Gasteiger partial charge in [0.1, 0.15) is 19.8 Å². The summed E-state index contributed by atoms with van der Waals surface area (Å²) < 4.78 is 34.3. The van der Waals surface area contributed by atoms with Gasteiger partial charge in [-0.15, -0.1) is 0 Å². The number of phosphoric acid groups is 1. The van der Waals surface area contributed by atoms with E-state index in [9.17, 15) is 19.0 Å². The lowest BCUT2D eigenvalue weighted by atomic mass is 10.1. The summed E-state index contributed by atoms with van der Waals surface area (Å²) in [6, 6.07) is 0. The third-order valence-corrected chi connectivity index (χ3v) is 11.5. The Morgan fingerprint density at radius 3 is 1.31 bits per heavy atom. The molecule has 386 valence electrons. The van der Waals surface area contributed by atoms with Crippen LogP contribution in [-0.4, -0.2) is 74.9 Å². The van der Waals surface area contributed by atoms with Crippen molar-refractivity contribution >= 4 is 19.8 Å². The number of hydrogen-bond donors (Lipinski definition) is 1. The van der Waals surface area contributed by atoms with Crippen LogP contribution in [0.4, 0.5) is 0 Å². The molecule has 0 aromatic carbocycles. The zero-order valence-corrected chi connectivity index (χ0v) is 44.4. The Balaban J connectivity index is 4.39. The van der Waals surface area contributed by atoms with Crippen molar-refractivity contribution in [2.75, 3.05) is 47.5 Å². The Morgan fingerprint density at radius 1 is 0.471 bits per heavy atom. The van der Waals surface area contributed by atoms with Crippen LogP contribution in [0.2, 0.25) is 0 Å². The Kier molecular flexibility index (Phi) is 45.9. The van der Waals surface area contributed by atoms with Gasteiger partial charge in [0.25, 0.3) is 0 Å². The normalized spacial score (nSPS) is 14.4. The van der Waals surface area contributed by atoms with Gasteiger partial charge in [-0.2, -0.15) is 0 Å². The highest BCUT2D eigenvalue weighted by Crippen LogP contribution is 2.43. The average Bonchev–Trinajstić information content (AvgIpc) is 3.30. The van der Waals surface area contributed by atoms with Gasteiger partial charge in [-0.1, -0.05) is 187 Å². The largest absolute Gasteiger partial charge is 0.472 e. The summed E-state index contributed by atoms with van der Waals surface area (Å²) >= 11 is 0. The molecular formula is C58H97NO8P+. The van der Waals surface area contributed by atoms with Crippen LogP contribution >= 0.6 is 7.82 Å².